The van der Waals surface area contributed by atoms with Gasteiger partial charge in [-0.15, -0.1) is 0 Å². The first-order valence-corrected chi connectivity index (χ1v) is 7.09. The number of benzene rings is 2. The monoisotopic (exact) mass is 361 g/mol. The molecule has 0 fully saturated rings. The Morgan fingerprint density at radius 1 is 1.00 bits per heavy atom. The third-order valence-corrected chi connectivity index (χ3v) is 3.47. The summed E-state index contributed by atoms with van der Waals surface area (Å²) < 4.78 is 1.21. The quantitative estimate of drug-likeness (QED) is 0.721. The van der Waals surface area contributed by atoms with Crippen molar-refractivity contribution in [2.24, 2.45) is 0 Å². The Morgan fingerprint density at radius 3 is 2.68 bits per heavy atom. The van der Waals surface area contributed by atoms with Crippen molar-refractivity contribution in [3.8, 4) is 0 Å². The van der Waals surface area contributed by atoms with Gasteiger partial charge in [0.2, 0.25) is 0 Å². The van der Waals surface area contributed by atoms with E-state index in [9.17, 15) is 0 Å². The van der Waals surface area contributed by atoms with Gasteiger partial charge in [-0.25, -0.2) is 4.98 Å². The van der Waals surface area contributed by atoms with E-state index in [1.807, 2.05) is 36.5 Å². The Labute approximate surface area is 125 Å². The molecule has 1 N–H and O–H groups in total. The van der Waals surface area contributed by atoms with E-state index in [1.54, 1.807) is 0 Å². The van der Waals surface area contributed by atoms with Crippen LogP contribution in [0.5, 0.6) is 0 Å². The lowest BCUT2D eigenvalue weighted by atomic mass is 10.3. The molecular weight excluding hydrogens is 349 g/mol. The predicted molar refractivity (Wildman–Crippen MR) is 86.0 cm³/mol. The van der Waals surface area contributed by atoms with Crippen LogP contribution in [0.1, 0.15) is 5.69 Å². The van der Waals surface area contributed by atoms with Crippen molar-refractivity contribution in [3.05, 3.63) is 64.0 Å². The number of para-hydroxylation sites is 2. The smallest absolute Gasteiger partial charge is 0.0890 e. The maximum absolute atomic E-state index is 4.59. The number of aromatic nitrogens is 2. The fourth-order valence-corrected chi connectivity index (χ4v) is 2.41. The number of halogens is 1. The Balaban J connectivity index is 1.78. The van der Waals surface area contributed by atoms with Crippen LogP contribution in [0.15, 0.2) is 54.7 Å². The van der Waals surface area contributed by atoms with Crippen molar-refractivity contribution in [2.75, 3.05) is 5.32 Å². The molecule has 0 saturated heterocycles. The maximum Gasteiger partial charge on any atom is 0.0890 e. The van der Waals surface area contributed by atoms with Crippen LogP contribution in [0.25, 0.3) is 11.0 Å². The molecule has 2 aromatic carbocycles. The first-order valence-electron chi connectivity index (χ1n) is 6.01. The molecule has 19 heavy (non-hydrogen) atoms. The van der Waals surface area contributed by atoms with Gasteiger partial charge in [0.05, 0.1) is 29.5 Å². The number of anilines is 1. The van der Waals surface area contributed by atoms with Gasteiger partial charge in [0.15, 0.2) is 0 Å². The van der Waals surface area contributed by atoms with Crippen LogP contribution in [0.3, 0.4) is 0 Å². The Hall–Kier alpha value is -1.69. The summed E-state index contributed by atoms with van der Waals surface area (Å²) in [6.07, 6.45) is 1.82. The molecule has 3 aromatic rings. The lowest BCUT2D eigenvalue weighted by Gasteiger charge is -2.06. The second-order valence-corrected chi connectivity index (χ2v) is 5.46. The van der Waals surface area contributed by atoms with E-state index in [0.717, 1.165) is 22.4 Å². The zero-order valence-electron chi connectivity index (χ0n) is 10.2. The van der Waals surface area contributed by atoms with Crippen molar-refractivity contribution in [3.63, 3.8) is 0 Å². The van der Waals surface area contributed by atoms with Crippen LogP contribution >= 0.6 is 22.6 Å². The summed E-state index contributed by atoms with van der Waals surface area (Å²) in [5.41, 5.74) is 3.91. The van der Waals surface area contributed by atoms with Crippen molar-refractivity contribution in [1.82, 2.24) is 9.97 Å². The molecule has 0 aliphatic heterocycles. The number of nitrogens with zero attached hydrogens (tertiary/aromatic N) is 2. The topological polar surface area (TPSA) is 37.8 Å². The molecule has 0 amide bonds. The molecule has 0 atom stereocenters. The standard InChI is InChI=1S/C15H12IN3/c16-11-4-3-5-12(8-11)17-9-13-10-18-14-6-1-2-7-15(14)19-13/h1-8,10,17H,9H2. The molecule has 0 aliphatic carbocycles. The first-order chi connectivity index (χ1) is 9.31. The van der Waals surface area contributed by atoms with Gasteiger partial charge in [0, 0.05) is 9.26 Å². The minimum Gasteiger partial charge on any atom is -0.379 e. The van der Waals surface area contributed by atoms with Gasteiger partial charge in [0.25, 0.3) is 0 Å². The molecular formula is C15H12IN3. The van der Waals surface area contributed by atoms with E-state index in [0.29, 0.717) is 6.54 Å². The van der Waals surface area contributed by atoms with Crippen LogP contribution in [0.2, 0.25) is 0 Å². The predicted octanol–water partition coefficient (Wildman–Crippen LogP) is 3.85. The molecule has 3 rings (SSSR count). The summed E-state index contributed by atoms with van der Waals surface area (Å²) >= 11 is 2.30. The highest BCUT2D eigenvalue weighted by molar-refractivity contribution is 14.1. The average Bonchev–Trinajstić information content (AvgIpc) is 2.45. The lowest BCUT2D eigenvalue weighted by molar-refractivity contribution is 1.04. The normalized spacial score (nSPS) is 10.6. The number of hydrogen-bond donors (Lipinski definition) is 1. The van der Waals surface area contributed by atoms with Crippen molar-refractivity contribution in [1.29, 1.82) is 0 Å². The van der Waals surface area contributed by atoms with Gasteiger partial charge < -0.3 is 5.32 Å². The third kappa shape index (κ3) is 3.01. The van der Waals surface area contributed by atoms with E-state index in [1.165, 1.54) is 3.57 Å². The number of nitrogens with one attached hydrogen (secondary N) is 1. The highest BCUT2D eigenvalue weighted by atomic mass is 127. The van der Waals surface area contributed by atoms with Gasteiger partial charge in [0.1, 0.15) is 0 Å². The molecule has 0 spiro atoms. The molecule has 1 heterocycles. The van der Waals surface area contributed by atoms with E-state index in [2.05, 4.69) is 56.1 Å². The molecule has 0 radical (unpaired) electrons. The van der Waals surface area contributed by atoms with Gasteiger partial charge in [-0.05, 0) is 52.9 Å². The minimum absolute atomic E-state index is 0.678. The molecule has 1 aromatic heterocycles. The van der Waals surface area contributed by atoms with E-state index >= 15 is 0 Å². The number of rotatable bonds is 3. The average molecular weight is 361 g/mol. The zero-order valence-corrected chi connectivity index (χ0v) is 12.3. The van der Waals surface area contributed by atoms with E-state index in [-0.39, 0.29) is 0 Å². The van der Waals surface area contributed by atoms with Crippen molar-refractivity contribution >= 4 is 39.3 Å². The molecule has 3 nitrogen and oxygen atoms in total. The summed E-state index contributed by atoms with van der Waals surface area (Å²) in [5, 5.41) is 3.36. The first kappa shape index (κ1) is 12.3. The molecule has 94 valence electrons. The van der Waals surface area contributed by atoms with E-state index in [4.69, 9.17) is 0 Å². The summed E-state index contributed by atoms with van der Waals surface area (Å²) in [5.74, 6) is 0. The zero-order chi connectivity index (χ0) is 13.1. The lowest BCUT2D eigenvalue weighted by Crippen LogP contribution is -2.02. The van der Waals surface area contributed by atoms with Gasteiger partial charge >= 0.3 is 0 Å². The number of hydrogen-bond acceptors (Lipinski definition) is 3. The second-order valence-electron chi connectivity index (χ2n) is 4.21. The summed E-state index contributed by atoms with van der Waals surface area (Å²) in [6, 6.07) is 16.2. The van der Waals surface area contributed by atoms with Crippen LogP contribution < -0.4 is 5.32 Å². The summed E-state index contributed by atoms with van der Waals surface area (Å²) in [6.45, 7) is 0.678. The molecule has 4 heteroatoms. The third-order valence-electron chi connectivity index (χ3n) is 2.80. The Morgan fingerprint density at radius 2 is 1.84 bits per heavy atom. The van der Waals surface area contributed by atoms with Gasteiger partial charge in [-0.2, -0.15) is 0 Å². The summed E-state index contributed by atoms with van der Waals surface area (Å²) in [7, 11) is 0. The van der Waals surface area contributed by atoms with Crippen LogP contribution in [-0.4, -0.2) is 9.97 Å². The van der Waals surface area contributed by atoms with Gasteiger partial charge in [-0.3, -0.25) is 4.98 Å². The highest BCUT2D eigenvalue weighted by Gasteiger charge is 1.99. The Bertz CT molecular complexity index is 712. The Kier molecular flexibility index (Phi) is 3.59. The SMILES string of the molecule is Ic1cccc(NCc2cnc3ccccc3n2)c1. The fraction of sp³-hybridized carbons (Fsp3) is 0.0667. The second kappa shape index (κ2) is 5.52. The highest BCUT2D eigenvalue weighted by Crippen LogP contribution is 2.14. The van der Waals surface area contributed by atoms with Crippen molar-refractivity contribution < 1.29 is 0 Å². The van der Waals surface area contributed by atoms with Crippen LogP contribution in [0.4, 0.5) is 5.69 Å². The molecule has 0 bridgehead atoms. The molecule has 0 aliphatic rings. The molecule has 0 unspecified atom stereocenters. The van der Waals surface area contributed by atoms with Crippen LogP contribution in [0, 0.1) is 3.57 Å². The number of fused-ring (bicyclic) bond motifs is 1. The molecule has 0 saturated carbocycles. The van der Waals surface area contributed by atoms with E-state index < -0.39 is 0 Å². The van der Waals surface area contributed by atoms with Gasteiger partial charge in [-0.1, -0.05) is 18.2 Å². The van der Waals surface area contributed by atoms with Crippen molar-refractivity contribution in [2.45, 2.75) is 6.54 Å². The largest absolute Gasteiger partial charge is 0.379 e. The maximum atomic E-state index is 4.59. The summed E-state index contributed by atoms with van der Waals surface area (Å²) in [4.78, 5) is 8.99. The minimum atomic E-state index is 0.678. The van der Waals surface area contributed by atoms with Crippen LogP contribution in [-0.2, 0) is 6.54 Å². The fourth-order valence-electron chi connectivity index (χ4n) is 1.87.